The molecule has 0 aliphatic heterocycles. The van der Waals surface area contributed by atoms with Crippen molar-refractivity contribution >= 4 is 11.7 Å². The zero-order valence-electron chi connectivity index (χ0n) is 12.6. The Morgan fingerprint density at radius 1 is 1.29 bits per heavy atom. The van der Waals surface area contributed by atoms with Crippen LogP contribution in [0.25, 0.3) is 0 Å². The van der Waals surface area contributed by atoms with Gasteiger partial charge in [0.15, 0.2) is 17.3 Å². The second-order valence-corrected chi connectivity index (χ2v) is 4.79. The molecule has 0 heterocycles. The summed E-state index contributed by atoms with van der Waals surface area (Å²) in [5.41, 5.74) is 5.98. The van der Waals surface area contributed by atoms with Gasteiger partial charge in [0.1, 0.15) is 0 Å². The lowest BCUT2D eigenvalue weighted by Gasteiger charge is -2.21. The highest BCUT2D eigenvalue weighted by molar-refractivity contribution is 5.98. The van der Waals surface area contributed by atoms with E-state index in [0.717, 1.165) is 0 Å². The first-order chi connectivity index (χ1) is 9.94. The predicted molar refractivity (Wildman–Crippen MR) is 79.0 cm³/mol. The van der Waals surface area contributed by atoms with Gasteiger partial charge in [0.05, 0.1) is 20.3 Å². The third kappa shape index (κ3) is 4.01. The summed E-state index contributed by atoms with van der Waals surface area (Å²) in [7, 11) is 3.01. The van der Waals surface area contributed by atoms with E-state index >= 15 is 0 Å². The number of nitrogens with zero attached hydrogens (tertiary/aromatic N) is 1. The number of hydrogen-bond acceptors (Lipinski definition) is 5. The summed E-state index contributed by atoms with van der Waals surface area (Å²) in [5.74, 6) is 0.575. The van der Waals surface area contributed by atoms with Gasteiger partial charge in [0.25, 0.3) is 5.91 Å². The van der Waals surface area contributed by atoms with Crippen molar-refractivity contribution < 1.29 is 19.5 Å². The van der Waals surface area contributed by atoms with Gasteiger partial charge in [-0.25, -0.2) is 0 Å². The Labute approximate surface area is 123 Å². The lowest BCUT2D eigenvalue weighted by molar-refractivity contribution is 0.0938. The molecule has 4 N–H and O–H groups in total. The van der Waals surface area contributed by atoms with E-state index in [2.05, 4.69) is 10.5 Å². The number of rotatable bonds is 6. The maximum Gasteiger partial charge on any atom is 0.252 e. The number of nitrogens with one attached hydrogen (secondary N) is 1. The van der Waals surface area contributed by atoms with Gasteiger partial charge in [-0.2, -0.15) is 0 Å². The number of amidine groups is 1. The molecule has 1 aromatic rings. The molecule has 1 amide bonds. The van der Waals surface area contributed by atoms with E-state index in [0.29, 0.717) is 17.1 Å². The normalized spacial score (nSPS) is 12.9. The molecular weight excluding hydrogens is 274 g/mol. The molecule has 1 aromatic carbocycles. The zero-order valence-corrected chi connectivity index (χ0v) is 12.6. The number of ether oxygens (including phenoxy) is 2. The third-order valence-electron chi connectivity index (χ3n) is 3.03. The SMILES string of the molecule is COc1ccc(C(=O)NC(C(N)=NO)C(C)C)cc1OC. The van der Waals surface area contributed by atoms with E-state index in [9.17, 15) is 4.79 Å². The van der Waals surface area contributed by atoms with Crippen molar-refractivity contribution in [3.05, 3.63) is 23.8 Å². The second kappa shape index (κ2) is 7.37. The van der Waals surface area contributed by atoms with Crippen LogP contribution in [0, 0.1) is 5.92 Å². The minimum atomic E-state index is -0.560. The second-order valence-electron chi connectivity index (χ2n) is 4.79. The highest BCUT2D eigenvalue weighted by Gasteiger charge is 2.22. The highest BCUT2D eigenvalue weighted by Crippen LogP contribution is 2.27. The minimum absolute atomic E-state index is 0.0232. The molecule has 116 valence electrons. The van der Waals surface area contributed by atoms with E-state index in [1.165, 1.54) is 14.2 Å². The van der Waals surface area contributed by atoms with Crippen molar-refractivity contribution in [1.29, 1.82) is 0 Å². The summed E-state index contributed by atoms with van der Waals surface area (Å²) >= 11 is 0. The Hall–Kier alpha value is -2.44. The first-order valence-corrected chi connectivity index (χ1v) is 6.44. The fourth-order valence-corrected chi connectivity index (χ4v) is 1.85. The largest absolute Gasteiger partial charge is 0.493 e. The Balaban J connectivity index is 2.98. The predicted octanol–water partition coefficient (Wildman–Crippen LogP) is 1.20. The summed E-state index contributed by atoms with van der Waals surface area (Å²) in [4.78, 5) is 12.2. The molecule has 7 heteroatoms. The molecule has 7 nitrogen and oxygen atoms in total. The molecule has 0 aliphatic carbocycles. The zero-order chi connectivity index (χ0) is 16.0. The molecular formula is C14H21N3O4. The number of carbonyl (C=O) groups is 1. The topological polar surface area (TPSA) is 106 Å². The minimum Gasteiger partial charge on any atom is -0.493 e. The Morgan fingerprint density at radius 3 is 2.38 bits per heavy atom. The van der Waals surface area contributed by atoms with Crippen LogP contribution in [-0.4, -0.2) is 37.2 Å². The molecule has 0 saturated heterocycles. The lowest BCUT2D eigenvalue weighted by atomic mass is 10.0. The standard InChI is InChI=1S/C14H21N3O4/c1-8(2)12(13(15)17-19)16-14(18)9-5-6-10(20-3)11(7-9)21-4/h5-8,12,19H,1-4H3,(H2,15,17)(H,16,18). The molecule has 1 rings (SSSR count). The fourth-order valence-electron chi connectivity index (χ4n) is 1.85. The molecule has 1 unspecified atom stereocenters. The Bertz CT molecular complexity index is 529. The van der Waals surface area contributed by atoms with Crippen LogP contribution in [0.1, 0.15) is 24.2 Å². The van der Waals surface area contributed by atoms with Crippen molar-refractivity contribution in [1.82, 2.24) is 5.32 Å². The van der Waals surface area contributed by atoms with Gasteiger partial charge in [-0.15, -0.1) is 0 Å². The quantitative estimate of drug-likeness (QED) is 0.316. The molecule has 0 bridgehead atoms. The van der Waals surface area contributed by atoms with Crippen molar-refractivity contribution in [3.8, 4) is 11.5 Å². The van der Waals surface area contributed by atoms with Crippen LogP contribution in [0.4, 0.5) is 0 Å². The van der Waals surface area contributed by atoms with E-state index in [1.807, 2.05) is 13.8 Å². The average molecular weight is 295 g/mol. The number of carbonyl (C=O) groups excluding carboxylic acids is 1. The van der Waals surface area contributed by atoms with Gasteiger partial charge < -0.3 is 25.7 Å². The molecule has 0 aliphatic rings. The van der Waals surface area contributed by atoms with Crippen LogP contribution in [0.3, 0.4) is 0 Å². The summed E-state index contributed by atoms with van der Waals surface area (Å²) in [6.07, 6.45) is 0. The van der Waals surface area contributed by atoms with Gasteiger partial charge in [0, 0.05) is 5.56 Å². The van der Waals surface area contributed by atoms with E-state index in [1.54, 1.807) is 18.2 Å². The maximum atomic E-state index is 12.2. The van der Waals surface area contributed by atoms with Gasteiger partial charge in [0.2, 0.25) is 0 Å². The summed E-state index contributed by atoms with van der Waals surface area (Å²) in [6, 6.07) is 4.26. The number of amides is 1. The fraction of sp³-hybridized carbons (Fsp3) is 0.429. The number of oxime groups is 1. The molecule has 0 saturated carbocycles. The summed E-state index contributed by atoms with van der Waals surface area (Å²) in [5, 5.41) is 14.4. The molecule has 0 spiro atoms. The highest BCUT2D eigenvalue weighted by atomic mass is 16.5. The third-order valence-corrected chi connectivity index (χ3v) is 3.03. The van der Waals surface area contributed by atoms with E-state index in [4.69, 9.17) is 20.4 Å². The molecule has 0 fully saturated rings. The van der Waals surface area contributed by atoms with Crippen LogP contribution in [0.2, 0.25) is 0 Å². The van der Waals surface area contributed by atoms with Gasteiger partial charge in [-0.05, 0) is 24.1 Å². The average Bonchev–Trinajstić information content (AvgIpc) is 2.50. The van der Waals surface area contributed by atoms with E-state index in [-0.39, 0.29) is 17.7 Å². The van der Waals surface area contributed by atoms with Crippen LogP contribution < -0.4 is 20.5 Å². The molecule has 1 atom stereocenters. The summed E-state index contributed by atoms with van der Waals surface area (Å²) in [6.45, 7) is 3.72. The van der Waals surface area contributed by atoms with E-state index < -0.39 is 6.04 Å². The Kier molecular flexibility index (Phi) is 5.83. The van der Waals surface area contributed by atoms with Crippen molar-refractivity contribution in [2.75, 3.05) is 14.2 Å². The number of methoxy groups -OCH3 is 2. The molecule has 0 radical (unpaired) electrons. The Morgan fingerprint density at radius 2 is 1.90 bits per heavy atom. The van der Waals surface area contributed by atoms with Crippen molar-refractivity contribution in [3.63, 3.8) is 0 Å². The first-order valence-electron chi connectivity index (χ1n) is 6.44. The van der Waals surface area contributed by atoms with Crippen LogP contribution in [-0.2, 0) is 0 Å². The van der Waals surface area contributed by atoms with Crippen LogP contribution in [0.5, 0.6) is 11.5 Å². The number of hydrogen-bond donors (Lipinski definition) is 3. The van der Waals surface area contributed by atoms with Gasteiger partial charge in [-0.1, -0.05) is 19.0 Å². The number of nitrogens with two attached hydrogens (primary N) is 1. The lowest BCUT2D eigenvalue weighted by Crippen LogP contribution is -2.47. The van der Waals surface area contributed by atoms with Crippen LogP contribution in [0.15, 0.2) is 23.4 Å². The smallest absolute Gasteiger partial charge is 0.252 e. The van der Waals surface area contributed by atoms with Crippen molar-refractivity contribution in [2.45, 2.75) is 19.9 Å². The molecule has 0 aromatic heterocycles. The maximum absolute atomic E-state index is 12.2. The van der Waals surface area contributed by atoms with Crippen molar-refractivity contribution in [2.24, 2.45) is 16.8 Å². The van der Waals surface area contributed by atoms with Gasteiger partial charge >= 0.3 is 0 Å². The number of benzene rings is 1. The molecule has 21 heavy (non-hydrogen) atoms. The summed E-state index contributed by atoms with van der Waals surface area (Å²) < 4.78 is 10.3. The van der Waals surface area contributed by atoms with Crippen LogP contribution >= 0.6 is 0 Å². The first kappa shape index (κ1) is 16.6. The van der Waals surface area contributed by atoms with Gasteiger partial charge in [-0.3, -0.25) is 4.79 Å². The monoisotopic (exact) mass is 295 g/mol.